The van der Waals surface area contributed by atoms with Gasteiger partial charge in [-0.15, -0.1) is 11.6 Å². The predicted molar refractivity (Wildman–Crippen MR) is 87.3 cm³/mol. The van der Waals surface area contributed by atoms with Gasteiger partial charge < -0.3 is 19.7 Å². The van der Waals surface area contributed by atoms with E-state index in [2.05, 4.69) is 5.32 Å². The van der Waals surface area contributed by atoms with Gasteiger partial charge in [0.1, 0.15) is 22.9 Å². The van der Waals surface area contributed by atoms with Crippen molar-refractivity contribution >= 4 is 23.4 Å². The van der Waals surface area contributed by atoms with Crippen LogP contribution in [0, 0.1) is 0 Å². The highest BCUT2D eigenvalue weighted by Gasteiger charge is 2.25. The molecular formula is C16H21ClN2O4. The van der Waals surface area contributed by atoms with Gasteiger partial charge >= 0.3 is 0 Å². The predicted octanol–water partition coefficient (Wildman–Crippen LogP) is 1.66. The number of likely N-dealkylation sites (tertiary alicyclic amines) is 1. The van der Waals surface area contributed by atoms with Crippen LogP contribution in [0.4, 0.5) is 0 Å². The van der Waals surface area contributed by atoms with Crippen molar-refractivity contribution in [2.24, 2.45) is 0 Å². The first kappa shape index (κ1) is 17.4. The Morgan fingerprint density at radius 1 is 1.22 bits per heavy atom. The average Bonchev–Trinajstić information content (AvgIpc) is 2.60. The Kier molecular flexibility index (Phi) is 6.10. The lowest BCUT2D eigenvalue weighted by atomic mass is 10.0. The molecule has 126 valence electrons. The van der Waals surface area contributed by atoms with E-state index in [4.69, 9.17) is 21.1 Å². The molecule has 1 aliphatic rings. The zero-order valence-electron chi connectivity index (χ0n) is 13.3. The number of rotatable bonds is 5. The Morgan fingerprint density at radius 2 is 1.78 bits per heavy atom. The van der Waals surface area contributed by atoms with E-state index < -0.39 is 0 Å². The van der Waals surface area contributed by atoms with Gasteiger partial charge in [-0.2, -0.15) is 0 Å². The van der Waals surface area contributed by atoms with E-state index in [1.165, 1.54) is 14.2 Å². The van der Waals surface area contributed by atoms with E-state index in [1.54, 1.807) is 23.1 Å². The molecule has 1 fully saturated rings. The molecule has 1 aromatic carbocycles. The van der Waals surface area contributed by atoms with E-state index in [9.17, 15) is 9.59 Å². The van der Waals surface area contributed by atoms with Gasteiger partial charge in [0.2, 0.25) is 5.91 Å². The van der Waals surface area contributed by atoms with Gasteiger partial charge in [-0.05, 0) is 25.0 Å². The fourth-order valence-electron chi connectivity index (χ4n) is 2.69. The van der Waals surface area contributed by atoms with Crippen LogP contribution in [0.15, 0.2) is 18.2 Å². The minimum absolute atomic E-state index is 0.00452. The smallest absolute Gasteiger partial charge is 0.259 e. The summed E-state index contributed by atoms with van der Waals surface area (Å²) in [6.45, 7) is 1.19. The summed E-state index contributed by atoms with van der Waals surface area (Å²) in [5, 5.41) is 2.99. The highest BCUT2D eigenvalue weighted by atomic mass is 35.5. The van der Waals surface area contributed by atoms with Gasteiger partial charge in [0.25, 0.3) is 5.91 Å². The number of halogens is 1. The first-order chi connectivity index (χ1) is 11.1. The summed E-state index contributed by atoms with van der Waals surface area (Å²) in [6.07, 6.45) is 1.40. The van der Waals surface area contributed by atoms with Crippen molar-refractivity contribution < 1.29 is 19.1 Å². The van der Waals surface area contributed by atoms with Crippen molar-refractivity contribution in [1.29, 1.82) is 0 Å². The molecule has 6 nitrogen and oxygen atoms in total. The molecule has 0 atom stereocenters. The minimum Gasteiger partial charge on any atom is -0.496 e. The number of methoxy groups -OCH3 is 2. The first-order valence-corrected chi connectivity index (χ1v) is 7.99. The lowest BCUT2D eigenvalue weighted by molar-refractivity contribution is -0.129. The molecule has 1 aromatic rings. The van der Waals surface area contributed by atoms with Crippen LogP contribution in [0.3, 0.4) is 0 Å². The number of benzene rings is 1. The van der Waals surface area contributed by atoms with Crippen molar-refractivity contribution in [2.75, 3.05) is 33.2 Å². The van der Waals surface area contributed by atoms with E-state index >= 15 is 0 Å². The third-order valence-corrected chi connectivity index (χ3v) is 4.18. The van der Waals surface area contributed by atoms with Crippen molar-refractivity contribution in [2.45, 2.75) is 18.9 Å². The van der Waals surface area contributed by atoms with Crippen LogP contribution in [0.25, 0.3) is 0 Å². The molecule has 0 bridgehead atoms. The second-order valence-electron chi connectivity index (χ2n) is 5.30. The maximum Gasteiger partial charge on any atom is 0.259 e. The summed E-state index contributed by atoms with van der Waals surface area (Å²) < 4.78 is 10.5. The minimum atomic E-state index is -0.235. The number of ether oxygens (including phenoxy) is 2. The van der Waals surface area contributed by atoms with Crippen LogP contribution in [0.2, 0.25) is 0 Å². The maximum absolute atomic E-state index is 12.6. The molecule has 7 heteroatoms. The van der Waals surface area contributed by atoms with Gasteiger partial charge in [0.05, 0.1) is 14.2 Å². The van der Waals surface area contributed by atoms with Gasteiger partial charge in [0, 0.05) is 19.1 Å². The molecule has 0 saturated carbocycles. The van der Waals surface area contributed by atoms with E-state index in [0.29, 0.717) is 43.0 Å². The molecule has 0 unspecified atom stereocenters. The lowest BCUT2D eigenvalue weighted by Gasteiger charge is -2.32. The quantitative estimate of drug-likeness (QED) is 0.828. The van der Waals surface area contributed by atoms with Gasteiger partial charge in [-0.25, -0.2) is 0 Å². The fourth-order valence-corrected chi connectivity index (χ4v) is 2.86. The highest BCUT2D eigenvalue weighted by Crippen LogP contribution is 2.28. The monoisotopic (exact) mass is 340 g/mol. The first-order valence-electron chi connectivity index (χ1n) is 7.46. The van der Waals surface area contributed by atoms with E-state index in [0.717, 1.165) is 0 Å². The molecule has 2 rings (SSSR count). The van der Waals surface area contributed by atoms with Crippen LogP contribution in [0.1, 0.15) is 23.2 Å². The Hall–Kier alpha value is -1.95. The number of nitrogens with zero attached hydrogens (tertiary/aromatic N) is 1. The van der Waals surface area contributed by atoms with Crippen LogP contribution >= 0.6 is 11.6 Å². The molecule has 1 heterocycles. The number of hydrogen-bond donors (Lipinski definition) is 1. The molecule has 1 N–H and O–H groups in total. The molecule has 1 saturated heterocycles. The van der Waals surface area contributed by atoms with Gasteiger partial charge in [-0.3, -0.25) is 9.59 Å². The van der Waals surface area contributed by atoms with Crippen LogP contribution in [0.5, 0.6) is 11.5 Å². The topological polar surface area (TPSA) is 67.9 Å². The Bertz CT molecular complexity index is 549. The number of piperidine rings is 1. The number of carbonyl (C=O) groups is 2. The Morgan fingerprint density at radius 3 is 2.26 bits per heavy atom. The number of amides is 2. The van der Waals surface area contributed by atoms with Crippen molar-refractivity contribution in [1.82, 2.24) is 10.2 Å². The molecule has 0 aliphatic carbocycles. The third-order valence-electron chi connectivity index (χ3n) is 3.95. The Labute approximate surface area is 140 Å². The summed E-state index contributed by atoms with van der Waals surface area (Å²) >= 11 is 5.56. The highest BCUT2D eigenvalue weighted by molar-refractivity contribution is 6.27. The number of carbonyl (C=O) groups excluding carboxylic acids is 2. The van der Waals surface area contributed by atoms with Crippen molar-refractivity contribution in [3.63, 3.8) is 0 Å². The molecule has 0 radical (unpaired) electrons. The molecule has 23 heavy (non-hydrogen) atoms. The standard InChI is InChI=1S/C16H21ClN2O4/c1-22-12-4-3-5-13(23-2)15(12)16(21)18-11-6-8-19(9-7-11)14(20)10-17/h3-5,11H,6-10H2,1-2H3,(H,18,21). The SMILES string of the molecule is COc1cccc(OC)c1C(=O)NC1CCN(C(=O)CCl)CC1. The molecule has 0 spiro atoms. The summed E-state index contributed by atoms with van der Waals surface area (Å²) in [6, 6.07) is 5.22. The van der Waals surface area contributed by atoms with E-state index in [-0.39, 0.29) is 23.7 Å². The second kappa shape index (κ2) is 8.06. The largest absolute Gasteiger partial charge is 0.496 e. The summed E-state index contributed by atoms with van der Waals surface area (Å²) in [4.78, 5) is 25.9. The van der Waals surface area contributed by atoms with Crippen LogP contribution < -0.4 is 14.8 Å². The number of hydrogen-bond acceptors (Lipinski definition) is 4. The summed E-state index contributed by atoms with van der Waals surface area (Å²) in [7, 11) is 3.03. The molecular weight excluding hydrogens is 320 g/mol. The molecule has 1 aliphatic heterocycles. The van der Waals surface area contributed by atoms with Crippen LogP contribution in [-0.2, 0) is 4.79 Å². The summed E-state index contributed by atoms with van der Waals surface area (Å²) in [5.41, 5.74) is 0.386. The van der Waals surface area contributed by atoms with Crippen LogP contribution in [-0.4, -0.2) is 55.9 Å². The van der Waals surface area contributed by atoms with Gasteiger partial charge in [-0.1, -0.05) is 6.07 Å². The zero-order valence-corrected chi connectivity index (χ0v) is 14.1. The molecule has 2 amide bonds. The maximum atomic E-state index is 12.6. The Balaban J connectivity index is 2.02. The third kappa shape index (κ3) is 4.07. The summed E-state index contributed by atoms with van der Waals surface area (Å²) in [5.74, 6) is 0.632. The molecule has 0 aromatic heterocycles. The number of nitrogens with one attached hydrogen (secondary N) is 1. The normalized spacial score (nSPS) is 15.2. The fraction of sp³-hybridized carbons (Fsp3) is 0.500. The van der Waals surface area contributed by atoms with E-state index in [1.807, 2.05) is 0 Å². The van der Waals surface area contributed by atoms with Gasteiger partial charge in [0.15, 0.2) is 0 Å². The lowest BCUT2D eigenvalue weighted by Crippen LogP contribution is -2.47. The van der Waals surface area contributed by atoms with Crippen molar-refractivity contribution in [3.8, 4) is 11.5 Å². The zero-order chi connectivity index (χ0) is 16.8. The second-order valence-corrected chi connectivity index (χ2v) is 5.57. The van der Waals surface area contributed by atoms with Crippen molar-refractivity contribution in [3.05, 3.63) is 23.8 Å². The average molecular weight is 341 g/mol. The number of alkyl halides is 1.